The summed E-state index contributed by atoms with van der Waals surface area (Å²) in [6, 6.07) is 13.4. The van der Waals surface area contributed by atoms with E-state index in [0.29, 0.717) is 12.5 Å². The molecule has 1 atom stereocenters. The Kier molecular flexibility index (Phi) is 5.16. The number of ether oxygens (including phenoxy) is 1. The highest BCUT2D eigenvalue weighted by molar-refractivity contribution is 5.94. The number of amides is 1. The van der Waals surface area contributed by atoms with Crippen molar-refractivity contribution in [2.24, 2.45) is 5.92 Å². The number of nitrogens with zero attached hydrogens (tertiary/aromatic N) is 4. The van der Waals surface area contributed by atoms with Crippen LogP contribution in [0.15, 0.2) is 48.7 Å². The van der Waals surface area contributed by atoms with Crippen LogP contribution in [0.5, 0.6) is 0 Å². The SMILES string of the molecule is COCCn1c(C[C@H]2CCN(C(=O)c3ccccc3)C2)nc2cccnc21. The molecular formula is C21H24N4O2. The van der Waals surface area contributed by atoms with E-state index in [2.05, 4.69) is 9.55 Å². The van der Waals surface area contributed by atoms with Gasteiger partial charge in [0.25, 0.3) is 5.91 Å². The number of imidazole rings is 1. The summed E-state index contributed by atoms with van der Waals surface area (Å²) < 4.78 is 7.41. The summed E-state index contributed by atoms with van der Waals surface area (Å²) in [6.07, 6.45) is 3.64. The molecule has 140 valence electrons. The van der Waals surface area contributed by atoms with Crippen LogP contribution in [0.1, 0.15) is 22.6 Å². The molecule has 1 amide bonds. The minimum Gasteiger partial charge on any atom is -0.383 e. The maximum Gasteiger partial charge on any atom is 0.253 e. The fraction of sp³-hybridized carbons (Fsp3) is 0.381. The highest BCUT2D eigenvalue weighted by Crippen LogP contribution is 2.24. The van der Waals surface area contributed by atoms with Gasteiger partial charge in [-0.15, -0.1) is 0 Å². The summed E-state index contributed by atoms with van der Waals surface area (Å²) in [7, 11) is 1.70. The van der Waals surface area contributed by atoms with Gasteiger partial charge in [0.1, 0.15) is 11.3 Å². The monoisotopic (exact) mass is 364 g/mol. The molecule has 6 nitrogen and oxygen atoms in total. The quantitative estimate of drug-likeness (QED) is 0.675. The number of likely N-dealkylation sites (tertiary alicyclic amines) is 1. The molecule has 1 aliphatic rings. The van der Waals surface area contributed by atoms with Crippen molar-refractivity contribution >= 4 is 17.1 Å². The number of carbonyl (C=O) groups is 1. The van der Waals surface area contributed by atoms with Crippen molar-refractivity contribution in [3.8, 4) is 0 Å². The predicted molar refractivity (Wildman–Crippen MR) is 104 cm³/mol. The van der Waals surface area contributed by atoms with Crippen molar-refractivity contribution in [2.45, 2.75) is 19.4 Å². The fourth-order valence-corrected chi connectivity index (χ4v) is 3.78. The van der Waals surface area contributed by atoms with E-state index >= 15 is 0 Å². The Bertz CT molecular complexity index is 922. The molecule has 0 saturated carbocycles. The van der Waals surface area contributed by atoms with E-state index in [1.807, 2.05) is 47.4 Å². The van der Waals surface area contributed by atoms with E-state index in [9.17, 15) is 4.79 Å². The fourth-order valence-electron chi connectivity index (χ4n) is 3.78. The van der Waals surface area contributed by atoms with Crippen LogP contribution >= 0.6 is 0 Å². The van der Waals surface area contributed by atoms with E-state index in [-0.39, 0.29) is 5.91 Å². The molecule has 1 aliphatic heterocycles. The lowest BCUT2D eigenvalue weighted by molar-refractivity contribution is 0.0787. The van der Waals surface area contributed by atoms with Crippen molar-refractivity contribution in [1.82, 2.24) is 19.4 Å². The molecule has 4 rings (SSSR count). The molecule has 0 spiro atoms. The summed E-state index contributed by atoms with van der Waals surface area (Å²) in [5.41, 5.74) is 2.58. The van der Waals surface area contributed by atoms with Gasteiger partial charge < -0.3 is 14.2 Å². The Morgan fingerprint density at radius 2 is 2.07 bits per heavy atom. The molecule has 0 N–H and O–H groups in total. The summed E-state index contributed by atoms with van der Waals surface area (Å²) in [5.74, 6) is 1.56. The smallest absolute Gasteiger partial charge is 0.253 e. The van der Waals surface area contributed by atoms with Gasteiger partial charge in [-0.25, -0.2) is 9.97 Å². The number of fused-ring (bicyclic) bond motifs is 1. The average molecular weight is 364 g/mol. The van der Waals surface area contributed by atoms with E-state index in [1.165, 1.54) is 0 Å². The zero-order chi connectivity index (χ0) is 18.6. The van der Waals surface area contributed by atoms with Crippen LogP contribution in [0.3, 0.4) is 0 Å². The number of benzene rings is 1. The van der Waals surface area contributed by atoms with Crippen LogP contribution in [0.4, 0.5) is 0 Å². The molecule has 1 fully saturated rings. The van der Waals surface area contributed by atoms with Gasteiger partial charge in [-0.3, -0.25) is 4.79 Å². The van der Waals surface area contributed by atoms with Crippen molar-refractivity contribution < 1.29 is 9.53 Å². The molecule has 2 aromatic heterocycles. The molecule has 1 aromatic carbocycles. The molecule has 27 heavy (non-hydrogen) atoms. The molecule has 0 aliphatic carbocycles. The van der Waals surface area contributed by atoms with E-state index in [4.69, 9.17) is 9.72 Å². The van der Waals surface area contributed by atoms with Crippen LogP contribution in [-0.2, 0) is 17.7 Å². The molecule has 3 aromatic rings. The lowest BCUT2D eigenvalue weighted by Gasteiger charge is -2.17. The number of pyridine rings is 1. The first-order valence-electron chi connectivity index (χ1n) is 9.39. The third kappa shape index (κ3) is 3.71. The lowest BCUT2D eigenvalue weighted by Crippen LogP contribution is -2.29. The Morgan fingerprint density at radius 1 is 1.22 bits per heavy atom. The van der Waals surface area contributed by atoms with Gasteiger partial charge in [0.15, 0.2) is 5.65 Å². The minimum absolute atomic E-state index is 0.118. The van der Waals surface area contributed by atoms with Crippen LogP contribution in [0.25, 0.3) is 11.2 Å². The van der Waals surface area contributed by atoms with Crippen LogP contribution in [0.2, 0.25) is 0 Å². The number of methoxy groups -OCH3 is 1. The Morgan fingerprint density at radius 3 is 2.89 bits per heavy atom. The topological polar surface area (TPSA) is 60.2 Å². The Labute approximate surface area is 158 Å². The van der Waals surface area contributed by atoms with Gasteiger partial charge in [-0.1, -0.05) is 18.2 Å². The number of rotatable bonds is 6. The number of aromatic nitrogens is 3. The van der Waals surface area contributed by atoms with E-state index < -0.39 is 0 Å². The summed E-state index contributed by atoms with van der Waals surface area (Å²) in [4.78, 5) is 23.9. The maximum absolute atomic E-state index is 12.7. The van der Waals surface area contributed by atoms with Crippen LogP contribution in [0, 0.1) is 5.92 Å². The molecular weight excluding hydrogens is 340 g/mol. The highest BCUT2D eigenvalue weighted by Gasteiger charge is 2.28. The molecule has 0 unspecified atom stereocenters. The minimum atomic E-state index is 0.118. The molecule has 6 heteroatoms. The first kappa shape index (κ1) is 17.7. The number of hydrogen-bond acceptors (Lipinski definition) is 4. The Hall–Kier alpha value is -2.73. The van der Waals surface area contributed by atoms with Gasteiger partial charge >= 0.3 is 0 Å². The molecule has 1 saturated heterocycles. The second-order valence-corrected chi connectivity index (χ2v) is 6.99. The highest BCUT2D eigenvalue weighted by atomic mass is 16.5. The zero-order valence-corrected chi connectivity index (χ0v) is 15.5. The lowest BCUT2D eigenvalue weighted by atomic mass is 10.0. The van der Waals surface area contributed by atoms with Crippen LogP contribution < -0.4 is 0 Å². The second kappa shape index (κ2) is 7.88. The third-order valence-corrected chi connectivity index (χ3v) is 5.17. The van der Waals surface area contributed by atoms with Gasteiger partial charge in [-0.2, -0.15) is 0 Å². The van der Waals surface area contributed by atoms with Crippen molar-refractivity contribution in [3.05, 3.63) is 60.0 Å². The zero-order valence-electron chi connectivity index (χ0n) is 15.5. The summed E-state index contributed by atoms with van der Waals surface area (Å²) >= 11 is 0. The largest absolute Gasteiger partial charge is 0.383 e. The number of hydrogen-bond donors (Lipinski definition) is 0. The van der Waals surface area contributed by atoms with E-state index in [1.54, 1.807) is 13.3 Å². The van der Waals surface area contributed by atoms with Crippen molar-refractivity contribution in [1.29, 1.82) is 0 Å². The summed E-state index contributed by atoms with van der Waals surface area (Å²) in [5, 5.41) is 0. The molecule has 0 bridgehead atoms. The molecule has 0 radical (unpaired) electrons. The van der Waals surface area contributed by atoms with Gasteiger partial charge in [0.05, 0.1) is 6.61 Å². The van der Waals surface area contributed by atoms with Crippen LogP contribution in [-0.4, -0.2) is 52.1 Å². The Balaban J connectivity index is 1.49. The first-order chi connectivity index (χ1) is 13.3. The average Bonchev–Trinajstić information content (AvgIpc) is 3.31. The van der Waals surface area contributed by atoms with Gasteiger partial charge in [-0.05, 0) is 36.6 Å². The standard InChI is InChI=1S/C21H24N4O2/c1-27-13-12-25-19(23-18-8-5-10-22-20(18)25)14-16-9-11-24(15-16)21(26)17-6-3-2-4-7-17/h2-8,10,16H,9,11-15H2,1H3/t16-/m1/s1. The van der Waals surface area contributed by atoms with Crippen molar-refractivity contribution in [2.75, 3.05) is 26.8 Å². The predicted octanol–water partition coefficient (Wildman–Crippen LogP) is 2.78. The maximum atomic E-state index is 12.7. The van der Waals surface area contributed by atoms with Gasteiger partial charge in [0, 0.05) is 44.9 Å². The second-order valence-electron chi connectivity index (χ2n) is 6.99. The summed E-state index contributed by atoms with van der Waals surface area (Å²) in [6.45, 7) is 2.93. The molecule has 3 heterocycles. The first-order valence-corrected chi connectivity index (χ1v) is 9.39. The van der Waals surface area contributed by atoms with Gasteiger partial charge in [0.2, 0.25) is 0 Å². The number of carbonyl (C=O) groups excluding carboxylic acids is 1. The third-order valence-electron chi connectivity index (χ3n) is 5.17. The van der Waals surface area contributed by atoms with E-state index in [0.717, 1.165) is 55.0 Å². The van der Waals surface area contributed by atoms with Crippen molar-refractivity contribution in [3.63, 3.8) is 0 Å². The normalized spacial score (nSPS) is 16.9.